The number of amides is 1. The Morgan fingerprint density at radius 1 is 1.21 bits per heavy atom. The normalized spacial score (nSPS) is 22.3. The zero-order valence-corrected chi connectivity index (χ0v) is 20.5. The topological polar surface area (TPSA) is 68.2 Å². The minimum absolute atomic E-state index is 0.0817. The van der Waals surface area contributed by atoms with Crippen LogP contribution < -0.4 is 0 Å². The van der Waals surface area contributed by atoms with Crippen LogP contribution in [-0.2, 0) is 13.9 Å². The summed E-state index contributed by atoms with van der Waals surface area (Å²) in [6.07, 6.45) is -1.88. The fourth-order valence-corrected chi connectivity index (χ4v) is 3.97. The molecule has 6 nitrogen and oxygen atoms in total. The number of nitrogens with zero attached hydrogens (tertiary/aromatic N) is 1. The monoisotopic (exact) mass is 413 g/mol. The van der Waals surface area contributed by atoms with Gasteiger partial charge in [0.25, 0.3) is 0 Å². The first-order valence-electron chi connectivity index (χ1n) is 9.90. The predicted molar refractivity (Wildman–Crippen MR) is 113 cm³/mol. The van der Waals surface area contributed by atoms with E-state index in [0.717, 1.165) is 0 Å². The lowest BCUT2D eigenvalue weighted by atomic mass is 10.1. The van der Waals surface area contributed by atoms with Gasteiger partial charge in [-0.05, 0) is 59.7 Å². The van der Waals surface area contributed by atoms with Crippen molar-refractivity contribution in [1.29, 1.82) is 0 Å². The first-order chi connectivity index (χ1) is 12.4. The van der Waals surface area contributed by atoms with Crippen LogP contribution in [-0.4, -0.2) is 60.6 Å². The summed E-state index contributed by atoms with van der Waals surface area (Å²) in [5.74, 6) is 5.86. The van der Waals surface area contributed by atoms with Crippen LogP contribution in [0.1, 0.15) is 62.3 Å². The minimum Gasteiger partial charge on any atom is -0.444 e. The van der Waals surface area contributed by atoms with E-state index in [0.29, 0.717) is 0 Å². The van der Waals surface area contributed by atoms with Gasteiger partial charge in [-0.2, -0.15) is 0 Å². The maximum atomic E-state index is 12.7. The van der Waals surface area contributed by atoms with E-state index in [4.69, 9.17) is 13.9 Å². The minimum atomic E-state index is -1.95. The van der Waals surface area contributed by atoms with Crippen LogP contribution in [0.5, 0.6) is 0 Å². The van der Waals surface area contributed by atoms with E-state index in [2.05, 4.69) is 45.7 Å². The van der Waals surface area contributed by atoms with Gasteiger partial charge in [-0.1, -0.05) is 32.6 Å². The zero-order valence-electron chi connectivity index (χ0n) is 19.5. The molecule has 1 fully saturated rings. The van der Waals surface area contributed by atoms with Crippen LogP contribution in [0.15, 0.2) is 0 Å². The molecule has 0 aromatic carbocycles. The van der Waals surface area contributed by atoms with E-state index in [9.17, 15) is 9.90 Å². The first kappa shape index (κ1) is 25.0. The summed E-state index contributed by atoms with van der Waals surface area (Å²) in [4.78, 5) is 14.1. The van der Waals surface area contributed by atoms with E-state index in [1.165, 1.54) is 4.90 Å². The van der Waals surface area contributed by atoms with Crippen molar-refractivity contribution in [2.75, 3.05) is 6.61 Å². The molecule has 3 atom stereocenters. The fraction of sp³-hybridized carbons (Fsp3) is 0.857. The van der Waals surface area contributed by atoms with E-state index >= 15 is 0 Å². The SMILES string of the molecule is C[C@H](C#C[C@@H](O)[C@@H]1COC(C)(C)N1C(=O)OC(C)(C)C)O[Si](C)(C)C(C)(C)C. The number of hydrogen-bond acceptors (Lipinski definition) is 5. The van der Waals surface area contributed by atoms with Gasteiger partial charge >= 0.3 is 6.09 Å². The number of aliphatic hydroxyl groups excluding tert-OH is 1. The highest BCUT2D eigenvalue weighted by Gasteiger charge is 2.48. The van der Waals surface area contributed by atoms with Crippen molar-refractivity contribution < 1.29 is 23.8 Å². The van der Waals surface area contributed by atoms with Gasteiger partial charge in [-0.25, -0.2) is 4.79 Å². The van der Waals surface area contributed by atoms with E-state index in [-0.39, 0.29) is 17.7 Å². The molecule has 0 aromatic heterocycles. The Morgan fingerprint density at radius 2 is 1.75 bits per heavy atom. The lowest BCUT2D eigenvalue weighted by molar-refractivity contribution is -0.0658. The standard InChI is InChI=1S/C21H39NO5Si/c1-15(27-28(10,11)20(5,6)7)12-13-17(23)16-14-25-21(8,9)22(16)18(24)26-19(2,3)4/h15-17,23H,14H2,1-11H3/t15-,16+,17-/m1/s1. The molecule has 0 bridgehead atoms. The van der Waals surface area contributed by atoms with Gasteiger partial charge in [0.1, 0.15) is 23.5 Å². The fourth-order valence-electron chi connectivity index (χ4n) is 2.68. The van der Waals surface area contributed by atoms with Gasteiger partial charge in [0.05, 0.1) is 12.6 Å². The summed E-state index contributed by atoms with van der Waals surface area (Å²) in [6.45, 7) is 21.9. The molecule has 1 heterocycles. The smallest absolute Gasteiger partial charge is 0.413 e. The summed E-state index contributed by atoms with van der Waals surface area (Å²) in [5, 5.41) is 10.7. The highest BCUT2D eigenvalue weighted by Crippen LogP contribution is 2.37. The predicted octanol–water partition coefficient (Wildman–Crippen LogP) is 4.13. The van der Waals surface area contributed by atoms with E-state index in [1.54, 1.807) is 34.6 Å². The summed E-state index contributed by atoms with van der Waals surface area (Å²) in [5.41, 5.74) is -1.51. The highest BCUT2D eigenvalue weighted by molar-refractivity contribution is 6.74. The molecule has 0 aromatic rings. The number of carbonyl (C=O) groups excluding carboxylic acids is 1. The summed E-state index contributed by atoms with van der Waals surface area (Å²) >= 11 is 0. The molecule has 0 radical (unpaired) electrons. The molecule has 1 rings (SSSR count). The number of hydrogen-bond donors (Lipinski definition) is 1. The van der Waals surface area contributed by atoms with Crippen LogP contribution in [0.3, 0.4) is 0 Å². The van der Waals surface area contributed by atoms with Gasteiger partial charge in [0.15, 0.2) is 8.32 Å². The van der Waals surface area contributed by atoms with Crippen LogP contribution in [0, 0.1) is 11.8 Å². The molecule has 1 amide bonds. The molecule has 0 aliphatic carbocycles. The average Bonchev–Trinajstić information content (AvgIpc) is 2.76. The average molecular weight is 414 g/mol. The highest BCUT2D eigenvalue weighted by atomic mass is 28.4. The van der Waals surface area contributed by atoms with Gasteiger partial charge in [0.2, 0.25) is 0 Å². The van der Waals surface area contributed by atoms with Gasteiger partial charge in [-0.3, -0.25) is 4.90 Å². The second kappa shape index (κ2) is 8.35. The molecule has 1 saturated heterocycles. The third-order valence-electron chi connectivity index (χ3n) is 5.19. The van der Waals surface area contributed by atoms with E-state index in [1.807, 2.05) is 6.92 Å². The number of aliphatic hydroxyl groups is 1. The van der Waals surface area contributed by atoms with Crippen molar-refractivity contribution in [2.24, 2.45) is 0 Å². The van der Waals surface area contributed by atoms with Gasteiger partial charge in [0, 0.05) is 0 Å². The maximum absolute atomic E-state index is 12.7. The lowest BCUT2D eigenvalue weighted by Gasteiger charge is -2.37. The molecule has 162 valence electrons. The molecule has 28 heavy (non-hydrogen) atoms. The van der Waals surface area contributed by atoms with Crippen molar-refractivity contribution in [3.63, 3.8) is 0 Å². The molecule has 1 N–H and O–H groups in total. The Kier molecular flexibility index (Phi) is 7.44. The van der Waals surface area contributed by atoms with Gasteiger partial charge in [-0.15, -0.1) is 0 Å². The Labute approximate surface area is 172 Å². The second-order valence-corrected chi connectivity index (χ2v) is 15.2. The quantitative estimate of drug-likeness (QED) is 0.556. The van der Waals surface area contributed by atoms with Crippen LogP contribution in [0.2, 0.25) is 18.1 Å². The number of ether oxygens (including phenoxy) is 2. The van der Waals surface area contributed by atoms with Crippen molar-refractivity contribution in [2.45, 2.75) is 110 Å². The molecular formula is C21H39NO5Si. The molecule has 1 aliphatic rings. The van der Waals surface area contributed by atoms with Crippen molar-refractivity contribution in [1.82, 2.24) is 4.90 Å². The van der Waals surface area contributed by atoms with Crippen molar-refractivity contribution in [3.8, 4) is 11.8 Å². The van der Waals surface area contributed by atoms with Gasteiger partial charge < -0.3 is 19.0 Å². The van der Waals surface area contributed by atoms with Crippen LogP contribution >= 0.6 is 0 Å². The lowest BCUT2D eigenvalue weighted by Crippen LogP contribution is -2.53. The van der Waals surface area contributed by atoms with E-state index < -0.39 is 37.9 Å². The van der Waals surface area contributed by atoms with Crippen LogP contribution in [0.4, 0.5) is 4.79 Å². The zero-order chi connectivity index (χ0) is 22.1. The third kappa shape index (κ3) is 6.48. The van der Waals surface area contributed by atoms with Crippen LogP contribution in [0.25, 0.3) is 0 Å². The Hall–Kier alpha value is -1.07. The Bertz CT molecular complexity index is 621. The summed E-state index contributed by atoms with van der Waals surface area (Å²) < 4.78 is 17.4. The molecular weight excluding hydrogens is 374 g/mol. The third-order valence-corrected chi connectivity index (χ3v) is 9.74. The molecule has 1 aliphatic heterocycles. The summed E-state index contributed by atoms with van der Waals surface area (Å²) in [6, 6.07) is -0.600. The molecule has 7 heteroatoms. The van der Waals surface area contributed by atoms with Crippen molar-refractivity contribution in [3.05, 3.63) is 0 Å². The second-order valence-electron chi connectivity index (χ2n) is 10.4. The number of rotatable bonds is 3. The maximum Gasteiger partial charge on any atom is 0.413 e. The Balaban J connectivity index is 2.92. The number of carbonyl (C=O) groups is 1. The molecule has 0 unspecified atom stereocenters. The molecule has 0 saturated carbocycles. The Morgan fingerprint density at radius 3 is 2.21 bits per heavy atom. The van der Waals surface area contributed by atoms with Crippen molar-refractivity contribution >= 4 is 14.4 Å². The summed E-state index contributed by atoms with van der Waals surface area (Å²) in [7, 11) is -1.95. The molecule has 0 spiro atoms. The largest absolute Gasteiger partial charge is 0.444 e. The first-order valence-corrected chi connectivity index (χ1v) is 12.8.